The molecule has 2 fully saturated rings. The van der Waals surface area contributed by atoms with Gasteiger partial charge in [-0.25, -0.2) is 4.39 Å². The lowest BCUT2D eigenvalue weighted by Crippen LogP contribution is -2.45. The summed E-state index contributed by atoms with van der Waals surface area (Å²) in [5.74, 6) is 0.319. The van der Waals surface area contributed by atoms with Crippen LogP contribution in [-0.2, 0) is 0 Å². The number of carbonyl (C=O) groups is 1. The van der Waals surface area contributed by atoms with Crippen LogP contribution in [0, 0.1) is 29.0 Å². The van der Waals surface area contributed by atoms with E-state index in [1.165, 1.54) is 44.9 Å². The molecule has 1 amide bonds. The molecule has 0 heterocycles. The molecule has 0 aromatic heterocycles. The molecule has 0 radical (unpaired) electrons. The van der Waals surface area contributed by atoms with Crippen molar-refractivity contribution >= 4 is 11.6 Å². The van der Waals surface area contributed by atoms with E-state index in [1.807, 2.05) is 0 Å². The van der Waals surface area contributed by atoms with Crippen molar-refractivity contribution in [1.29, 1.82) is 5.26 Å². The molecule has 2 N–H and O–H groups in total. The van der Waals surface area contributed by atoms with Gasteiger partial charge >= 0.3 is 0 Å². The van der Waals surface area contributed by atoms with Crippen LogP contribution in [0.5, 0.6) is 0 Å². The Morgan fingerprint density at radius 2 is 2.04 bits per heavy atom. The molecule has 2 aliphatic rings. The molecule has 2 saturated carbocycles. The number of nitrogens with zero attached hydrogens (tertiary/aromatic N) is 1. The van der Waals surface area contributed by atoms with Crippen LogP contribution in [0.4, 0.5) is 10.1 Å². The summed E-state index contributed by atoms with van der Waals surface area (Å²) < 4.78 is 14.2. The first kappa shape index (κ1) is 16.8. The third-order valence-electron chi connectivity index (χ3n) is 5.66. The van der Waals surface area contributed by atoms with Crippen LogP contribution < -0.4 is 10.6 Å². The van der Waals surface area contributed by atoms with E-state index in [-0.39, 0.29) is 5.56 Å². The molecule has 0 aliphatic heterocycles. The maximum absolute atomic E-state index is 14.2. The molecule has 2 aliphatic carbocycles. The van der Waals surface area contributed by atoms with Crippen LogP contribution in [-0.4, -0.2) is 18.5 Å². The molecule has 4 nitrogen and oxygen atoms in total. The van der Waals surface area contributed by atoms with Gasteiger partial charge in [0.15, 0.2) is 0 Å². The SMILES string of the molecule is CNC(=O)c1ccc(N[C@]2(C#N)CC[C@H]3CCCC[C@H]3C2)cc1F. The Morgan fingerprint density at radius 3 is 2.71 bits per heavy atom. The number of amides is 1. The maximum Gasteiger partial charge on any atom is 0.253 e. The quantitative estimate of drug-likeness (QED) is 0.885. The smallest absolute Gasteiger partial charge is 0.253 e. The molecular weight excluding hydrogens is 305 g/mol. The van der Waals surface area contributed by atoms with E-state index in [1.54, 1.807) is 6.07 Å². The summed E-state index contributed by atoms with van der Waals surface area (Å²) in [6, 6.07) is 6.92. The van der Waals surface area contributed by atoms with E-state index in [0.29, 0.717) is 11.6 Å². The van der Waals surface area contributed by atoms with Crippen molar-refractivity contribution in [3.05, 3.63) is 29.6 Å². The molecule has 1 aromatic carbocycles. The Kier molecular flexibility index (Phi) is 4.75. The van der Waals surface area contributed by atoms with Gasteiger partial charge in [-0.15, -0.1) is 0 Å². The van der Waals surface area contributed by atoms with Gasteiger partial charge in [0, 0.05) is 12.7 Å². The van der Waals surface area contributed by atoms with Gasteiger partial charge in [0.05, 0.1) is 11.6 Å². The molecule has 3 rings (SSSR count). The standard InChI is InChI=1S/C19H24FN3O/c1-22-18(24)16-7-6-15(10-17(16)20)23-19(12-21)9-8-13-4-2-3-5-14(13)11-19/h6-7,10,13-14,23H,2-5,8-9,11H2,1H3,(H,22,24)/t13-,14+,19-/m1/s1. The van der Waals surface area contributed by atoms with Gasteiger partial charge in [-0.05, 0) is 49.3 Å². The summed E-state index contributed by atoms with van der Waals surface area (Å²) >= 11 is 0. The Bertz CT molecular complexity index is 669. The topological polar surface area (TPSA) is 64.9 Å². The van der Waals surface area contributed by atoms with Crippen LogP contribution >= 0.6 is 0 Å². The lowest BCUT2D eigenvalue weighted by Gasteiger charge is -2.44. The van der Waals surface area contributed by atoms with E-state index < -0.39 is 17.3 Å². The van der Waals surface area contributed by atoms with Crippen LogP contribution in [0.1, 0.15) is 55.3 Å². The van der Waals surface area contributed by atoms with Crippen LogP contribution in [0.15, 0.2) is 18.2 Å². The fourth-order valence-corrected chi connectivity index (χ4v) is 4.35. The number of fused-ring (bicyclic) bond motifs is 1. The van der Waals surface area contributed by atoms with Crippen molar-refractivity contribution in [2.24, 2.45) is 11.8 Å². The molecule has 128 valence electrons. The van der Waals surface area contributed by atoms with E-state index >= 15 is 0 Å². The minimum atomic E-state index is -0.626. The predicted octanol–water partition coefficient (Wildman–Crippen LogP) is 3.85. The van der Waals surface area contributed by atoms with Crippen molar-refractivity contribution in [3.8, 4) is 6.07 Å². The second kappa shape index (κ2) is 6.80. The van der Waals surface area contributed by atoms with E-state index in [9.17, 15) is 14.4 Å². The molecule has 0 unspecified atom stereocenters. The summed E-state index contributed by atoms with van der Waals surface area (Å²) in [6.45, 7) is 0. The summed E-state index contributed by atoms with van der Waals surface area (Å²) in [6.07, 6.45) is 7.71. The highest BCUT2D eigenvalue weighted by atomic mass is 19.1. The van der Waals surface area contributed by atoms with Crippen LogP contribution in [0.3, 0.4) is 0 Å². The second-order valence-corrected chi connectivity index (χ2v) is 7.14. The number of anilines is 1. The minimum absolute atomic E-state index is 0.0186. The Hall–Kier alpha value is -2.09. The predicted molar refractivity (Wildman–Crippen MR) is 91.1 cm³/mol. The van der Waals surface area contributed by atoms with Gasteiger partial charge in [-0.3, -0.25) is 4.79 Å². The number of rotatable bonds is 3. The zero-order valence-electron chi connectivity index (χ0n) is 14.1. The molecule has 5 heteroatoms. The monoisotopic (exact) mass is 329 g/mol. The van der Waals surface area contributed by atoms with Gasteiger partial charge in [-0.2, -0.15) is 5.26 Å². The first-order chi connectivity index (χ1) is 11.6. The van der Waals surface area contributed by atoms with Crippen molar-refractivity contribution < 1.29 is 9.18 Å². The summed E-state index contributed by atoms with van der Waals surface area (Å²) in [5, 5.41) is 15.5. The van der Waals surface area contributed by atoms with E-state index in [2.05, 4.69) is 16.7 Å². The van der Waals surface area contributed by atoms with Crippen molar-refractivity contribution in [1.82, 2.24) is 5.32 Å². The highest BCUT2D eigenvalue weighted by Crippen LogP contribution is 2.45. The summed E-state index contributed by atoms with van der Waals surface area (Å²) in [4.78, 5) is 11.6. The fourth-order valence-electron chi connectivity index (χ4n) is 4.35. The molecule has 0 saturated heterocycles. The zero-order chi connectivity index (χ0) is 17.2. The number of halogens is 1. The lowest BCUT2D eigenvalue weighted by atomic mass is 9.65. The average molecular weight is 329 g/mol. The lowest BCUT2D eigenvalue weighted by molar-refractivity contribution is 0.0959. The highest BCUT2D eigenvalue weighted by Gasteiger charge is 2.42. The minimum Gasteiger partial charge on any atom is -0.367 e. The van der Waals surface area contributed by atoms with Crippen molar-refractivity contribution in [3.63, 3.8) is 0 Å². The zero-order valence-corrected chi connectivity index (χ0v) is 14.1. The van der Waals surface area contributed by atoms with E-state index in [0.717, 1.165) is 25.2 Å². The van der Waals surface area contributed by atoms with Gasteiger partial charge in [0.25, 0.3) is 5.91 Å². The van der Waals surface area contributed by atoms with Gasteiger partial charge in [0.1, 0.15) is 11.4 Å². The normalized spacial score (nSPS) is 29.2. The third kappa shape index (κ3) is 3.24. The molecule has 0 spiro atoms. The molecule has 1 aromatic rings. The average Bonchev–Trinajstić information content (AvgIpc) is 2.61. The van der Waals surface area contributed by atoms with Crippen LogP contribution in [0.25, 0.3) is 0 Å². The van der Waals surface area contributed by atoms with Gasteiger partial charge in [0.2, 0.25) is 0 Å². The number of carbonyl (C=O) groups excluding carboxylic acids is 1. The largest absolute Gasteiger partial charge is 0.367 e. The Labute approximate surface area is 142 Å². The number of nitrogens with one attached hydrogen (secondary N) is 2. The Balaban J connectivity index is 1.77. The first-order valence-corrected chi connectivity index (χ1v) is 8.78. The van der Waals surface area contributed by atoms with Crippen molar-refractivity contribution in [2.75, 3.05) is 12.4 Å². The van der Waals surface area contributed by atoms with Crippen molar-refractivity contribution in [2.45, 2.75) is 50.5 Å². The highest BCUT2D eigenvalue weighted by molar-refractivity contribution is 5.94. The second-order valence-electron chi connectivity index (χ2n) is 7.14. The number of hydrogen-bond acceptors (Lipinski definition) is 3. The third-order valence-corrected chi connectivity index (χ3v) is 5.66. The van der Waals surface area contributed by atoms with Gasteiger partial charge in [-0.1, -0.05) is 25.7 Å². The molecular formula is C19H24FN3O. The summed E-state index contributed by atoms with van der Waals surface area (Å²) in [7, 11) is 1.47. The Morgan fingerprint density at radius 1 is 1.29 bits per heavy atom. The first-order valence-electron chi connectivity index (χ1n) is 8.78. The molecule has 24 heavy (non-hydrogen) atoms. The maximum atomic E-state index is 14.2. The fraction of sp³-hybridized carbons (Fsp3) is 0.579. The van der Waals surface area contributed by atoms with Crippen LogP contribution in [0.2, 0.25) is 0 Å². The number of hydrogen-bond donors (Lipinski definition) is 2. The number of nitriles is 1. The summed E-state index contributed by atoms with van der Waals surface area (Å²) in [5.41, 5.74) is -0.0412. The molecule has 0 bridgehead atoms. The van der Waals surface area contributed by atoms with E-state index in [4.69, 9.17) is 0 Å². The number of benzene rings is 1. The van der Waals surface area contributed by atoms with Gasteiger partial charge < -0.3 is 10.6 Å². The molecule has 3 atom stereocenters.